The summed E-state index contributed by atoms with van der Waals surface area (Å²) in [5, 5.41) is 12.8. The number of anilines is 1. The van der Waals surface area contributed by atoms with Crippen LogP contribution in [0.1, 0.15) is 18.5 Å². The van der Waals surface area contributed by atoms with Gasteiger partial charge >= 0.3 is 0 Å². The summed E-state index contributed by atoms with van der Waals surface area (Å²) in [6, 6.07) is 5.62. The SMILES string of the molecule is CC(Nc1nncs1)c1cccc(Cl)c1Cl. The average molecular weight is 274 g/mol. The second-order valence-corrected chi connectivity index (χ2v) is 4.87. The van der Waals surface area contributed by atoms with Crippen LogP contribution in [-0.4, -0.2) is 10.2 Å². The molecule has 0 aliphatic carbocycles. The van der Waals surface area contributed by atoms with Crippen molar-refractivity contribution < 1.29 is 0 Å². The molecule has 6 heteroatoms. The second-order valence-electron chi connectivity index (χ2n) is 3.25. The molecule has 16 heavy (non-hydrogen) atoms. The molecule has 0 bridgehead atoms. The molecule has 0 radical (unpaired) electrons. The van der Waals surface area contributed by atoms with Gasteiger partial charge in [0.25, 0.3) is 0 Å². The highest BCUT2D eigenvalue weighted by Crippen LogP contribution is 2.31. The summed E-state index contributed by atoms with van der Waals surface area (Å²) < 4.78 is 0. The average Bonchev–Trinajstić information content (AvgIpc) is 2.74. The van der Waals surface area contributed by atoms with Gasteiger partial charge in [-0.1, -0.05) is 46.7 Å². The van der Waals surface area contributed by atoms with E-state index < -0.39 is 0 Å². The fraction of sp³-hybridized carbons (Fsp3) is 0.200. The quantitative estimate of drug-likeness (QED) is 0.918. The number of rotatable bonds is 3. The van der Waals surface area contributed by atoms with Gasteiger partial charge in [-0.2, -0.15) is 0 Å². The Morgan fingerprint density at radius 2 is 2.19 bits per heavy atom. The Labute approximate surface area is 107 Å². The van der Waals surface area contributed by atoms with Gasteiger partial charge in [-0.15, -0.1) is 10.2 Å². The molecular formula is C10H9Cl2N3S. The Hall–Kier alpha value is -0.840. The normalized spacial score (nSPS) is 12.4. The van der Waals surface area contributed by atoms with E-state index in [1.807, 2.05) is 19.1 Å². The summed E-state index contributed by atoms with van der Waals surface area (Å²) in [6.07, 6.45) is 0. The minimum atomic E-state index is 0.0409. The zero-order valence-electron chi connectivity index (χ0n) is 8.45. The topological polar surface area (TPSA) is 37.8 Å². The Morgan fingerprint density at radius 3 is 2.88 bits per heavy atom. The van der Waals surface area contributed by atoms with Gasteiger partial charge in [0.05, 0.1) is 16.1 Å². The van der Waals surface area contributed by atoms with Crippen LogP contribution in [-0.2, 0) is 0 Å². The van der Waals surface area contributed by atoms with E-state index in [1.54, 1.807) is 11.6 Å². The maximum atomic E-state index is 6.12. The third-order valence-corrected chi connectivity index (χ3v) is 3.60. The molecule has 0 fully saturated rings. The fourth-order valence-corrected chi connectivity index (χ4v) is 2.36. The monoisotopic (exact) mass is 273 g/mol. The molecular weight excluding hydrogens is 265 g/mol. The van der Waals surface area contributed by atoms with Crippen molar-refractivity contribution in [3.63, 3.8) is 0 Å². The lowest BCUT2D eigenvalue weighted by molar-refractivity contribution is 0.874. The maximum absolute atomic E-state index is 6.12. The number of halogens is 2. The van der Waals surface area contributed by atoms with Crippen LogP contribution in [0.2, 0.25) is 10.0 Å². The van der Waals surface area contributed by atoms with E-state index >= 15 is 0 Å². The van der Waals surface area contributed by atoms with Crippen LogP contribution >= 0.6 is 34.5 Å². The van der Waals surface area contributed by atoms with Crippen molar-refractivity contribution in [2.24, 2.45) is 0 Å². The summed E-state index contributed by atoms with van der Waals surface area (Å²) in [5.41, 5.74) is 2.62. The first-order chi connectivity index (χ1) is 7.68. The third kappa shape index (κ3) is 2.45. The van der Waals surface area contributed by atoms with Gasteiger partial charge in [0.1, 0.15) is 5.51 Å². The van der Waals surface area contributed by atoms with E-state index in [2.05, 4.69) is 15.5 Å². The Kier molecular flexibility index (Phi) is 3.63. The van der Waals surface area contributed by atoms with Gasteiger partial charge in [0.2, 0.25) is 5.13 Å². The maximum Gasteiger partial charge on any atom is 0.205 e. The highest BCUT2D eigenvalue weighted by molar-refractivity contribution is 7.13. The molecule has 1 aromatic heterocycles. The van der Waals surface area contributed by atoms with E-state index in [9.17, 15) is 0 Å². The van der Waals surface area contributed by atoms with Gasteiger partial charge in [-0.05, 0) is 18.6 Å². The van der Waals surface area contributed by atoms with Crippen molar-refractivity contribution in [2.45, 2.75) is 13.0 Å². The minimum Gasteiger partial charge on any atom is -0.354 e. The largest absolute Gasteiger partial charge is 0.354 e. The first-order valence-corrected chi connectivity index (χ1v) is 6.28. The van der Waals surface area contributed by atoms with Crippen LogP contribution in [0, 0.1) is 0 Å². The van der Waals surface area contributed by atoms with E-state index in [0.717, 1.165) is 10.7 Å². The summed E-state index contributed by atoms with van der Waals surface area (Å²) in [6.45, 7) is 2.00. The molecule has 3 nitrogen and oxygen atoms in total. The van der Waals surface area contributed by atoms with Crippen LogP contribution in [0.4, 0.5) is 5.13 Å². The van der Waals surface area contributed by atoms with Gasteiger partial charge < -0.3 is 5.32 Å². The zero-order valence-corrected chi connectivity index (χ0v) is 10.8. The van der Waals surface area contributed by atoms with E-state index in [0.29, 0.717) is 10.0 Å². The van der Waals surface area contributed by atoms with Crippen molar-refractivity contribution in [2.75, 3.05) is 5.32 Å². The minimum absolute atomic E-state index is 0.0409. The van der Waals surface area contributed by atoms with Crippen LogP contribution in [0.25, 0.3) is 0 Å². The molecule has 1 atom stereocenters. The smallest absolute Gasteiger partial charge is 0.205 e. The number of nitrogens with zero attached hydrogens (tertiary/aromatic N) is 2. The van der Waals surface area contributed by atoms with E-state index in [4.69, 9.17) is 23.2 Å². The van der Waals surface area contributed by atoms with Crippen LogP contribution in [0.15, 0.2) is 23.7 Å². The number of benzene rings is 1. The molecule has 0 aliphatic rings. The van der Waals surface area contributed by atoms with Crippen molar-refractivity contribution >= 4 is 39.7 Å². The van der Waals surface area contributed by atoms with Gasteiger partial charge in [-0.25, -0.2) is 0 Å². The van der Waals surface area contributed by atoms with Gasteiger partial charge in [0, 0.05) is 0 Å². The number of hydrogen-bond acceptors (Lipinski definition) is 4. The molecule has 1 heterocycles. The van der Waals surface area contributed by atoms with Gasteiger partial charge in [0.15, 0.2) is 0 Å². The van der Waals surface area contributed by atoms with Crippen molar-refractivity contribution in [3.05, 3.63) is 39.3 Å². The van der Waals surface area contributed by atoms with Crippen LogP contribution in [0.5, 0.6) is 0 Å². The molecule has 1 unspecified atom stereocenters. The first kappa shape index (κ1) is 11.6. The third-order valence-electron chi connectivity index (χ3n) is 2.15. The molecule has 1 aromatic carbocycles. The van der Waals surface area contributed by atoms with Crippen molar-refractivity contribution in [1.82, 2.24) is 10.2 Å². The zero-order chi connectivity index (χ0) is 11.5. The predicted molar refractivity (Wildman–Crippen MR) is 68.4 cm³/mol. The number of hydrogen-bond donors (Lipinski definition) is 1. The molecule has 2 aromatic rings. The second kappa shape index (κ2) is 4.99. The standard InChI is InChI=1S/C10H9Cl2N3S/c1-6(14-10-15-13-5-16-10)7-3-2-4-8(11)9(7)12/h2-6H,1H3,(H,14,15). The van der Waals surface area contributed by atoms with Crippen molar-refractivity contribution in [3.8, 4) is 0 Å². The molecule has 84 valence electrons. The molecule has 0 saturated carbocycles. The Balaban J connectivity index is 2.21. The number of aromatic nitrogens is 2. The lowest BCUT2D eigenvalue weighted by Gasteiger charge is -2.14. The fourth-order valence-electron chi connectivity index (χ4n) is 1.35. The van der Waals surface area contributed by atoms with Crippen LogP contribution < -0.4 is 5.32 Å². The Morgan fingerprint density at radius 1 is 1.38 bits per heavy atom. The highest BCUT2D eigenvalue weighted by Gasteiger charge is 2.12. The molecule has 0 amide bonds. The molecule has 0 spiro atoms. The summed E-state index contributed by atoms with van der Waals surface area (Å²) in [4.78, 5) is 0. The van der Waals surface area contributed by atoms with E-state index in [1.165, 1.54) is 11.3 Å². The van der Waals surface area contributed by atoms with E-state index in [-0.39, 0.29) is 6.04 Å². The lowest BCUT2D eigenvalue weighted by atomic mass is 10.1. The molecule has 2 rings (SSSR count). The summed E-state index contributed by atoms with van der Waals surface area (Å²) in [5.74, 6) is 0. The number of nitrogens with one attached hydrogen (secondary N) is 1. The van der Waals surface area contributed by atoms with Crippen LogP contribution in [0.3, 0.4) is 0 Å². The first-order valence-electron chi connectivity index (χ1n) is 4.65. The van der Waals surface area contributed by atoms with Crippen molar-refractivity contribution in [1.29, 1.82) is 0 Å². The lowest BCUT2D eigenvalue weighted by Crippen LogP contribution is -2.07. The summed E-state index contributed by atoms with van der Waals surface area (Å²) in [7, 11) is 0. The Bertz CT molecular complexity index is 473. The highest BCUT2D eigenvalue weighted by atomic mass is 35.5. The molecule has 0 saturated heterocycles. The summed E-state index contributed by atoms with van der Waals surface area (Å²) >= 11 is 13.5. The van der Waals surface area contributed by atoms with Gasteiger partial charge in [-0.3, -0.25) is 0 Å². The molecule has 0 aliphatic heterocycles. The predicted octanol–water partition coefficient (Wildman–Crippen LogP) is 4.02. The molecule has 1 N–H and O–H groups in total.